The summed E-state index contributed by atoms with van der Waals surface area (Å²) in [4.78, 5) is 0. The SMILES string of the molecule is C=CN(CC(C#N)(CCCC)c1ccc(Cl)cc1)/N=C\N. The summed E-state index contributed by atoms with van der Waals surface area (Å²) in [6.07, 6.45) is 5.48. The molecule has 1 unspecified atom stereocenters. The molecule has 21 heavy (non-hydrogen) atoms. The predicted octanol–water partition coefficient (Wildman–Crippen LogP) is 3.64. The first-order chi connectivity index (χ1) is 10.1. The van der Waals surface area contributed by atoms with E-state index < -0.39 is 5.41 Å². The zero-order valence-corrected chi connectivity index (χ0v) is 13.1. The molecule has 0 saturated carbocycles. The molecule has 0 aliphatic heterocycles. The summed E-state index contributed by atoms with van der Waals surface area (Å²) in [6.45, 7) is 6.22. The molecule has 0 fully saturated rings. The number of rotatable bonds is 8. The van der Waals surface area contributed by atoms with E-state index in [0.29, 0.717) is 11.6 Å². The topological polar surface area (TPSA) is 65.4 Å². The van der Waals surface area contributed by atoms with Crippen LogP contribution in [0.4, 0.5) is 0 Å². The summed E-state index contributed by atoms with van der Waals surface area (Å²) in [7, 11) is 0. The summed E-state index contributed by atoms with van der Waals surface area (Å²) in [5.41, 5.74) is 5.61. The minimum atomic E-state index is -0.665. The number of nitriles is 1. The molecular weight excluding hydrogens is 284 g/mol. The summed E-state index contributed by atoms with van der Waals surface area (Å²) in [6, 6.07) is 9.87. The molecule has 5 heteroatoms. The van der Waals surface area contributed by atoms with Gasteiger partial charge in [-0.15, -0.1) is 0 Å². The van der Waals surface area contributed by atoms with E-state index in [9.17, 15) is 5.26 Å². The van der Waals surface area contributed by atoms with Crippen LogP contribution >= 0.6 is 11.6 Å². The summed E-state index contributed by atoms with van der Waals surface area (Å²) in [5, 5.41) is 16.1. The smallest absolute Gasteiger partial charge is 0.106 e. The lowest BCUT2D eigenvalue weighted by atomic mass is 9.77. The molecule has 4 nitrogen and oxygen atoms in total. The van der Waals surface area contributed by atoms with Gasteiger partial charge < -0.3 is 5.73 Å². The maximum Gasteiger partial charge on any atom is 0.106 e. The Labute approximate surface area is 131 Å². The van der Waals surface area contributed by atoms with Crippen LogP contribution in [0.15, 0.2) is 42.1 Å². The molecule has 112 valence electrons. The lowest BCUT2D eigenvalue weighted by molar-refractivity contribution is 0.307. The second-order valence-electron chi connectivity index (χ2n) is 4.85. The van der Waals surface area contributed by atoms with Crippen molar-refractivity contribution in [1.29, 1.82) is 5.26 Å². The number of nitrogens with zero attached hydrogens (tertiary/aromatic N) is 3. The van der Waals surface area contributed by atoms with Gasteiger partial charge in [0, 0.05) is 11.2 Å². The molecule has 0 aliphatic carbocycles. The van der Waals surface area contributed by atoms with Crippen LogP contribution in [0.1, 0.15) is 31.7 Å². The van der Waals surface area contributed by atoms with Crippen LogP contribution in [0.5, 0.6) is 0 Å². The summed E-state index contributed by atoms with van der Waals surface area (Å²) >= 11 is 5.94. The Kier molecular flexibility index (Phi) is 6.77. The largest absolute Gasteiger partial charge is 0.388 e. The van der Waals surface area contributed by atoms with E-state index in [2.05, 4.69) is 24.7 Å². The van der Waals surface area contributed by atoms with Crippen LogP contribution in [0, 0.1) is 11.3 Å². The van der Waals surface area contributed by atoms with Crippen LogP contribution < -0.4 is 5.73 Å². The second kappa shape index (κ2) is 8.33. The first-order valence-corrected chi connectivity index (χ1v) is 7.30. The minimum absolute atomic E-state index is 0.405. The first kappa shape index (κ1) is 17.1. The number of hydrazone groups is 1. The fourth-order valence-corrected chi connectivity index (χ4v) is 2.36. The van der Waals surface area contributed by atoms with Gasteiger partial charge in [-0.25, -0.2) is 0 Å². The molecule has 0 bridgehead atoms. The van der Waals surface area contributed by atoms with Gasteiger partial charge in [0.1, 0.15) is 11.8 Å². The molecule has 0 amide bonds. The van der Waals surface area contributed by atoms with E-state index in [4.69, 9.17) is 17.3 Å². The highest BCUT2D eigenvalue weighted by Gasteiger charge is 2.33. The van der Waals surface area contributed by atoms with E-state index >= 15 is 0 Å². The fraction of sp³-hybridized carbons (Fsp3) is 0.375. The van der Waals surface area contributed by atoms with Gasteiger partial charge in [-0.3, -0.25) is 5.01 Å². The Hall–Kier alpha value is -1.99. The molecule has 0 radical (unpaired) electrons. The maximum absolute atomic E-state index is 9.81. The van der Waals surface area contributed by atoms with Crippen molar-refractivity contribution in [3.63, 3.8) is 0 Å². The lowest BCUT2D eigenvalue weighted by Crippen LogP contribution is -2.36. The van der Waals surface area contributed by atoms with Gasteiger partial charge in [0.2, 0.25) is 0 Å². The van der Waals surface area contributed by atoms with E-state index in [1.54, 1.807) is 23.3 Å². The Morgan fingerprint density at radius 2 is 2.14 bits per heavy atom. The molecule has 1 rings (SSSR count). The zero-order valence-electron chi connectivity index (χ0n) is 12.3. The third kappa shape index (κ3) is 4.51. The van der Waals surface area contributed by atoms with E-state index in [-0.39, 0.29) is 0 Å². The van der Waals surface area contributed by atoms with E-state index in [1.165, 1.54) is 6.34 Å². The van der Waals surface area contributed by atoms with Gasteiger partial charge in [0.05, 0.1) is 12.6 Å². The van der Waals surface area contributed by atoms with Crippen molar-refractivity contribution in [1.82, 2.24) is 5.01 Å². The van der Waals surface area contributed by atoms with Gasteiger partial charge in [-0.2, -0.15) is 10.4 Å². The monoisotopic (exact) mass is 304 g/mol. The van der Waals surface area contributed by atoms with Crippen molar-refractivity contribution in [2.24, 2.45) is 10.8 Å². The van der Waals surface area contributed by atoms with Gasteiger partial charge in [-0.1, -0.05) is 50.1 Å². The number of benzene rings is 1. The molecule has 0 saturated heterocycles. The average Bonchev–Trinajstić information content (AvgIpc) is 2.51. The van der Waals surface area contributed by atoms with Crippen molar-refractivity contribution in [2.75, 3.05) is 6.54 Å². The van der Waals surface area contributed by atoms with Crippen LogP contribution in [-0.2, 0) is 5.41 Å². The number of unbranched alkanes of at least 4 members (excludes halogenated alkanes) is 1. The van der Waals surface area contributed by atoms with Crippen molar-refractivity contribution < 1.29 is 0 Å². The quantitative estimate of drug-likeness (QED) is 0.453. The minimum Gasteiger partial charge on any atom is -0.388 e. The first-order valence-electron chi connectivity index (χ1n) is 6.92. The highest BCUT2D eigenvalue weighted by molar-refractivity contribution is 6.30. The standard InChI is InChI=1S/C16H21ClN4/c1-3-5-10-16(11-18,12-21(4-2)20-13-19)14-6-8-15(17)9-7-14/h4,6-9,13H,2-3,5,10,12H2,1H3,(H2,19,20). The average molecular weight is 305 g/mol. The number of hydrogen-bond acceptors (Lipinski definition) is 3. The fourth-order valence-electron chi connectivity index (χ4n) is 2.23. The molecule has 0 heterocycles. The maximum atomic E-state index is 9.81. The molecule has 2 N–H and O–H groups in total. The van der Waals surface area contributed by atoms with E-state index in [1.807, 2.05) is 12.1 Å². The Balaban J connectivity index is 3.17. The Bertz CT molecular complexity index is 518. The molecule has 0 spiro atoms. The zero-order chi connectivity index (χ0) is 15.7. The van der Waals surface area contributed by atoms with Crippen molar-refractivity contribution in [3.05, 3.63) is 47.6 Å². The third-order valence-electron chi connectivity index (χ3n) is 3.43. The van der Waals surface area contributed by atoms with Crippen LogP contribution in [0.25, 0.3) is 0 Å². The highest BCUT2D eigenvalue weighted by atomic mass is 35.5. The second-order valence-corrected chi connectivity index (χ2v) is 5.29. The summed E-state index contributed by atoms with van der Waals surface area (Å²) in [5.74, 6) is 0. The molecule has 1 aromatic rings. The van der Waals surface area contributed by atoms with Crippen LogP contribution in [-0.4, -0.2) is 17.9 Å². The lowest BCUT2D eigenvalue weighted by Gasteiger charge is -2.30. The highest BCUT2D eigenvalue weighted by Crippen LogP contribution is 2.32. The van der Waals surface area contributed by atoms with Gasteiger partial charge >= 0.3 is 0 Å². The molecule has 0 aliphatic rings. The molecule has 0 aromatic heterocycles. The van der Waals surface area contributed by atoms with Crippen molar-refractivity contribution in [2.45, 2.75) is 31.6 Å². The molecule has 1 aromatic carbocycles. The number of nitrogens with two attached hydrogens (primary N) is 1. The Morgan fingerprint density at radius 1 is 1.48 bits per heavy atom. The van der Waals surface area contributed by atoms with Gasteiger partial charge in [-0.05, 0) is 24.1 Å². The van der Waals surface area contributed by atoms with Gasteiger partial charge in [0.15, 0.2) is 0 Å². The normalized spacial score (nSPS) is 13.6. The van der Waals surface area contributed by atoms with E-state index in [0.717, 1.165) is 24.8 Å². The third-order valence-corrected chi connectivity index (χ3v) is 3.68. The van der Waals surface area contributed by atoms with Gasteiger partial charge in [0.25, 0.3) is 0 Å². The predicted molar refractivity (Wildman–Crippen MR) is 87.9 cm³/mol. The molecular formula is C16H21ClN4. The summed E-state index contributed by atoms with van der Waals surface area (Å²) < 4.78 is 0. The van der Waals surface area contributed by atoms with Crippen molar-refractivity contribution >= 4 is 17.9 Å². The number of halogens is 1. The number of hydrogen-bond donors (Lipinski definition) is 1. The van der Waals surface area contributed by atoms with Crippen LogP contribution in [0.3, 0.4) is 0 Å². The van der Waals surface area contributed by atoms with Crippen LogP contribution in [0.2, 0.25) is 5.02 Å². The Morgan fingerprint density at radius 3 is 2.62 bits per heavy atom. The van der Waals surface area contributed by atoms with Crippen molar-refractivity contribution in [3.8, 4) is 6.07 Å². The molecule has 1 atom stereocenters.